The molecule has 96 valence electrons. The quantitative estimate of drug-likeness (QED) is 0.778. The topological polar surface area (TPSA) is 35.2 Å². The van der Waals surface area contributed by atoms with E-state index in [1.54, 1.807) is 0 Å². The van der Waals surface area contributed by atoms with E-state index in [0.717, 1.165) is 40.1 Å². The minimum absolute atomic E-state index is 0.513. The molecule has 0 unspecified atom stereocenters. The molecule has 2 nitrogen and oxygen atoms in total. The summed E-state index contributed by atoms with van der Waals surface area (Å²) in [6.07, 6.45) is 1.08. The van der Waals surface area contributed by atoms with Gasteiger partial charge in [0.1, 0.15) is 5.75 Å². The highest BCUT2D eigenvalue weighted by atomic mass is 79.9. The van der Waals surface area contributed by atoms with Gasteiger partial charge < -0.3 is 10.5 Å². The Labute approximate surface area is 116 Å². The number of aryl methyl sites for hydroxylation is 1. The Morgan fingerprint density at radius 3 is 2.82 bits per heavy atom. The van der Waals surface area contributed by atoms with Crippen molar-refractivity contribution < 1.29 is 4.74 Å². The van der Waals surface area contributed by atoms with E-state index in [0.29, 0.717) is 6.54 Å². The zero-order chi connectivity index (χ0) is 12.7. The molecule has 0 fully saturated rings. The highest BCUT2D eigenvalue weighted by Crippen LogP contribution is 2.27. The molecule has 1 aromatic carbocycles. The van der Waals surface area contributed by atoms with Crippen molar-refractivity contribution in [1.82, 2.24) is 0 Å². The highest BCUT2D eigenvalue weighted by molar-refractivity contribution is 9.10. The van der Waals surface area contributed by atoms with E-state index < -0.39 is 0 Å². The third-order valence-corrected chi connectivity index (χ3v) is 3.86. The highest BCUT2D eigenvalue weighted by Gasteiger charge is 2.07. The molecule has 0 saturated carbocycles. The van der Waals surface area contributed by atoms with Crippen molar-refractivity contribution in [1.29, 1.82) is 0 Å². The third-order valence-electron chi connectivity index (χ3n) is 2.42. The lowest BCUT2D eigenvalue weighted by Crippen LogP contribution is -2.06. The Morgan fingerprint density at radius 1 is 1.41 bits per heavy atom. The number of hydrogen-bond donors (Lipinski definition) is 1. The molecule has 4 heteroatoms. The van der Waals surface area contributed by atoms with Crippen LogP contribution >= 0.6 is 27.7 Å². The maximum Gasteiger partial charge on any atom is 0.126 e. The van der Waals surface area contributed by atoms with Gasteiger partial charge >= 0.3 is 0 Å². The number of ether oxygens (including phenoxy) is 1. The van der Waals surface area contributed by atoms with Crippen LogP contribution in [-0.2, 0) is 6.54 Å². The van der Waals surface area contributed by atoms with Crippen LogP contribution in [0.5, 0.6) is 5.75 Å². The minimum Gasteiger partial charge on any atom is -0.493 e. The number of hydrogen-bond acceptors (Lipinski definition) is 3. The molecule has 1 rings (SSSR count). The summed E-state index contributed by atoms with van der Waals surface area (Å²) in [6, 6.07) is 4.10. The first kappa shape index (κ1) is 14.9. The van der Waals surface area contributed by atoms with E-state index >= 15 is 0 Å². The predicted molar refractivity (Wildman–Crippen MR) is 79.9 cm³/mol. The molecule has 0 amide bonds. The lowest BCUT2D eigenvalue weighted by Gasteiger charge is -2.13. The number of benzene rings is 1. The van der Waals surface area contributed by atoms with E-state index in [1.807, 2.05) is 17.8 Å². The first-order chi connectivity index (χ1) is 8.19. The summed E-state index contributed by atoms with van der Waals surface area (Å²) in [7, 11) is 0. The van der Waals surface area contributed by atoms with Gasteiger partial charge in [-0.2, -0.15) is 11.8 Å². The fourth-order valence-corrected chi connectivity index (χ4v) is 2.87. The summed E-state index contributed by atoms with van der Waals surface area (Å²) in [5.41, 5.74) is 7.95. The van der Waals surface area contributed by atoms with E-state index in [4.69, 9.17) is 10.5 Å². The molecule has 0 aliphatic rings. The molecule has 0 spiro atoms. The molecule has 0 bridgehead atoms. The Hall–Kier alpha value is -0.190. The van der Waals surface area contributed by atoms with Crippen molar-refractivity contribution in [2.24, 2.45) is 5.73 Å². The molecule has 0 atom stereocenters. The predicted octanol–water partition coefficient (Wildman–Crippen LogP) is 3.74. The minimum atomic E-state index is 0.513. The largest absolute Gasteiger partial charge is 0.493 e. The Balaban J connectivity index is 2.57. The molecule has 17 heavy (non-hydrogen) atoms. The summed E-state index contributed by atoms with van der Waals surface area (Å²) in [5.74, 6) is 3.28. The zero-order valence-corrected chi connectivity index (χ0v) is 12.9. The van der Waals surface area contributed by atoms with E-state index in [9.17, 15) is 0 Å². The van der Waals surface area contributed by atoms with Crippen LogP contribution in [-0.4, -0.2) is 18.1 Å². The van der Waals surface area contributed by atoms with Gasteiger partial charge in [-0.15, -0.1) is 0 Å². The Morgan fingerprint density at radius 2 is 2.18 bits per heavy atom. The molecule has 1 aromatic rings. The first-order valence-electron chi connectivity index (χ1n) is 5.88. The van der Waals surface area contributed by atoms with Gasteiger partial charge in [-0.3, -0.25) is 0 Å². The summed E-state index contributed by atoms with van der Waals surface area (Å²) in [5, 5.41) is 0. The fourth-order valence-electron chi connectivity index (χ4n) is 1.64. The summed E-state index contributed by atoms with van der Waals surface area (Å²) < 4.78 is 6.91. The molecule has 0 aliphatic heterocycles. The van der Waals surface area contributed by atoms with Crippen LogP contribution < -0.4 is 10.5 Å². The van der Waals surface area contributed by atoms with Crippen molar-refractivity contribution >= 4 is 27.7 Å². The van der Waals surface area contributed by atoms with Crippen LogP contribution in [0, 0.1) is 6.92 Å². The van der Waals surface area contributed by atoms with Crippen LogP contribution in [0.3, 0.4) is 0 Å². The van der Waals surface area contributed by atoms with Crippen LogP contribution in [0.2, 0.25) is 0 Å². The maximum absolute atomic E-state index is 5.85. The van der Waals surface area contributed by atoms with E-state index in [1.165, 1.54) is 5.75 Å². The molecule has 0 saturated heterocycles. The van der Waals surface area contributed by atoms with E-state index in [2.05, 4.69) is 35.8 Å². The Bertz CT molecular complexity index is 358. The van der Waals surface area contributed by atoms with Gasteiger partial charge in [0.15, 0.2) is 0 Å². The van der Waals surface area contributed by atoms with Crippen molar-refractivity contribution in [3.63, 3.8) is 0 Å². The van der Waals surface area contributed by atoms with Gasteiger partial charge in [0.05, 0.1) is 6.61 Å². The molecular weight excluding hydrogens is 298 g/mol. The normalized spacial score (nSPS) is 10.6. The van der Waals surface area contributed by atoms with Crippen LogP contribution in [0.1, 0.15) is 24.5 Å². The second-order valence-electron chi connectivity index (χ2n) is 3.81. The molecule has 2 N–H and O–H groups in total. The number of thioether (sulfide) groups is 1. The van der Waals surface area contributed by atoms with Crippen molar-refractivity contribution in [2.45, 2.75) is 26.8 Å². The van der Waals surface area contributed by atoms with Crippen molar-refractivity contribution in [3.05, 3.63) is 27.7 Å². The van der Waals surface area contributed by atoms with Gasteiger partial charge in [-0.25, -0.2) is 0 Å². The summed E-state index contributed by atoms with van der Waals surface area (Å²) in [4.78, 5) is 0. The molecular formula is C13H20BrNOS. The fraction of sp³-hybridized carbons (Fsp3) is 0.538. The van der Waals surface area contributed by atoms with Crippen LogP contribution in [0.4, 0.5) is 0 Å². The van der Waals surface area contributed by atoms with Gasteiger partial charge in [0, 0.05) is 16.6 Å². The average molecular weight is 318 g/mol. The van der Waals surface area contributed by atoms with Crippen molar-refractivity contribution in [3.8, 4) is 5.75 Å². The number of rotatable bonds is 7. The lowest BCUT2D eigenvalue weighted by molar-refractivity contribution is 0.313. The monoisotopic (exact) mass is 317 g/mol. The van der Waals surface area contributed by atoms with Crippen molar-refractivity contribution in [2.75, 3.05) is 18.1 Å². The Kier molecular flexibility index (Phi) is 7.00. The zero-order valence-electron chi connectivity index (χ0n) is 10.5. The van der Waals surface area contributed by atoms with Gasteiger partial charge in [0.25, 0.3) is 0 Å². The van der Waals surface area contributed by atoms with Gasteiger partial charge in [-0.05, 0) is 42.5 Å². The second-order valence-corrected chi connectivity index (χ2v) is 6.12. The molecule has 0 radical (unpaired) electrons. The van der Waals surface area contributed by atoms with Crippen LogP contribution in [0.15, 0.2) is 16.6 Å². The molecule has 0 aliphatic carbocycles. The molecule has 0 heterocycles. The van der Waals surface area contributed by atoms with Gasteiger partial charge in [-0.1, -0.05) is 22.9 Å². The molecule has 0 aromatic heterocycles. The number of nitrogens with two attached hydrogens (primary N) is 1. The number of halogens is 1. The second kappa shape index (κ2) is 8.01. The lowest BCUT2D eigenvalue weighted by atomic mass is 10.1. The first-order valence-corrected chi connectivity index (χ1v) is 7.83. The average Bonchev–Trinajstić information content (AvgIpc) is 2.30. The smallest absolute Gasteiger partial charge is 0.126 e. The summed E-state index contributed by atoms with van der Waals surface area (Å²) >= 11 is 5.42. The standard InChI is InChI=1S/C13H20BrNOS/c1-3-17-6-4-5-16-13-10(2)7-12(14)8-11(13)9-15/h7-8H,3-6,9,15H2,1-2H3. The maximum atomic E-state index is 5.85. The SMILES string of the molecule is CCSCCCOc1c(C)cc(Br)cc1CN. The van der Waals surface area contributed by atoms with Crippen LogP contribution in [0.25, 0.3) is 0 Å². The van der Waals surface area contributed by atoms with E-state index in [-0.39, 0.29) is 0 Å². The third kappa shape index (κ3) is 4.90. The van der Waals surface area contributed by atoms with Gasteiger partial charge in [0.2, 0.25) is 0 Å². The summed E-state index contributed by atoms with van der Waals surface area (Å²) in [6.45, 7) is 5.51.